The zero-order valence-electron chi connectivity index (χ0n) is 10.3. The maximum Gasteiger partial charge on any atom is 0.0386 e. The van der Waals surface area contributed by atoms with E-state index < -0.39 is 0 Å². The molecule has 0 aliphatic heterocycles. The first-order valence-corrected chi connectivity index (χ1v) is 8.59. The molecule has 1 atom stereocenters. The Hall–Kier alpha value is 0.0900. The largest absolute Gasteiger partial charge is 0.310 e. The second-order valence-corrected chi connectivity index (χ2v) is 7.30. The van der Waals surface area contributed by atoms with Crippen molar-refractivity contribution in [3.63, 3.8) is 0 Å². The van der Waals surface area contributed by atoms with Crippen LogP contribution in [0.4, 0.5) is 0 Å². The topological polar surface area (TPSA) is 12.0 Å². The molecule has 0 saturated heterocycles. The summed E-state index contributed by atoms with van der Waals surface area (Å²) >= 11 is 7.81. The van der Waals surface area contributed by atoms with Crippen LogP contribution in [0.2, 0.25) is 0 Å². The molecule has 0 aliphatic carbocycles. The fraction of sp³-hybridized carbons (Fsp3) is 0.286. The van der Waals surface area contributed by atoms with Gasteiger partial charge in [0.05, 0.1) is 0 Å². The zero-order chi connectivity index (χ0) is 13.1. The van der Waals surface area contributed by atoms with E-state index in [1.54, 1.807) is 0 Å². The molecule has 0 aliphatic rings. The lowest BCUT2D eigenvalue weighted by molar-refractivity contribution is 0.607. The maximum absolute atomic E-state index is 3.54. The Bertz CT molecular complexity index is 538. The highest BCUT2D eigenvalue weighted by molar-refractivity contribution is 14.1. The molecule has 1 aromatic heterocycles. The number of halogens is 2. The van der Waals surface area contributed by atoms with Crippen molar-refractivity contribution in [3.05, 3.63) is 43.3 Å². The van der Waals surface area contributed by atoms with Gasteiger partial charge in [-0.15, -0.1) is 11.3 Å². The smallest absolute Gasteiger partial charge is 0.0386 e. The molecule has 1 nitrogen and oxygen atoms in total. The second kappa shape index (κ2) is 6.50. The van der Waals surface area contributed by atoms with Crippen LogP contribution >= 0.6 is 49.9 Å². The highest BCUT2D eigenvalue weighted by atomic mass is 127. The lowest BCUT2D eigenvalue weighted by Crippen LogP contribution is -2.16. The van der Waals surface area contributed by atoms with Gasteiger partial charge in [0.1, 0.15) is 0 Å². The van der Waals surface area contributed by atoms with Crippen molar-refractivity contribution >= 4 is 49.9 Å². The Balaban J connectivity index is 2.32. The van der Waals surface area contributed by atoms with Gasteiger partial charge in [-0.2, -0.15) is 0 Å². The third-order valence-corrected chi connectivity index (χ3v) is 5.49. The van der Waals surface area contributed by atoms with Crippen LogP contribution in [0, 0.1) is 3.57 Å². The van der Waals surface area contributed by atoms with Crippen molar-refractivity contribution in [2.45, 2.75) is 19.9 Å². The summed E-state index contributed by atoms with van der Waals surface area (Å²) < 4.78 is 2.42. The first-order chi connectivity index (χ1) is 8.61. The van der Waals surface area contributed by atoms with Gasteiger partial charge in [-0.1, -0.05) is 22.9 Å². The highest BCUT2D eigenvalue weighted by Crippen LogP contribution is 2.35. The number of thiophene rings is 1. The summed E-state index contributed by atoms with van der Waals surface area (Å²) in [5.41, 5.74) is 1.31. The van der Waals surface area contributed by atoms with Crippen LogP contribution in [0.25, 0.3) is 10.4 Å². The van der Waals surface area contributed by atoms with Gasteiger partial charge in [-0.3, -0.25) is 0 Å². The number of benzene rings is 1. The van der Waals surface area contributed by atoms with Gasteiger partial charge < -0.3 is 5.32 Å². The van der Waals surface area contributed by atoms with Crippen LogP contribution < -0.4 is 5.32 Å². The van der Waals surface area contributed by atoms with Crippen molar-refractivity contribution in [2.75, 3.05) is 6.54 Å². The molecule has 0 bridgehead atoms. The van der Waals surface area contributed by atoms with Gasteiger partial charge >= 0.3 is 0 Å². The van der Waals surface area contributed by atoms with E-state index in [0.717, 1.165) is 11.0 Å². The summed E-state index contributed by atoms with van der Waals surface area (Å²) in [5, 5.41) is 3.45. The minimum Gasteiger partial charge on any atom is -0.310 e. The minimum absolute atomic E-state index is 0.429. The Morgan fingerprint density at radius 2 is 2.11 bits per heavy atom. The quantitative estimate of drug-likeness (QED) is 0.629. The first-order valence-electron chi connectivity index (χ1n) is 5.90. The SMILES string of the molecule is CCNC(C)c1ccc(-c2cc(Br)ccc2I)s1. The van der Waals surface area contributed by atoms with Gasteiger partial charge in [0.25, 0.3) is 0 Å². The Labute approximate surface area is 134 Å². The lowest BCUT2D eigenvalue weighted by Gasteiger charge is -2.09. The standard InChI is InChI=1S/C14H15BrINS/c1-3-17-9(2)13-6-7-14(18-13)11-8-10(15)4-5-12(11)16/h4-9,17H,3H2,1-2H3. The summed E-state index contributed by atoms with van der Waals surface area (Å²) in [5.74, 6) is 0. The first kappa shape index (κ1) is 14.5. The van der Waals surface area contributed by atoms with Crippen molar-refractivity contribution in [3.8, 4) is 10.4 Å². The lowest BCUT2D eigenvalue weighted by atomic mass is 10.2. The van der Waals surface area contributed by atoms with Gasteiger partial charge in [0.2, 0.25) is 0 Å². The molecule has 96 valence electrons. The van der Waals surface area contributed by atoms with E-state index in [1.165, 1.54) is 18.9 Å². The Kier molecular flexibility index (Phi) is 5.24. The number of rotatable bonds is 4. The molecule has 1 aromatic carbocycles. The van der Waals surface area contributed by atoms with Crippen molar-refractivity contribution in [1.29, 1.82) is 0 Å². The average Bonchev–Trinajstić information content (AvgIpc) is 2.82. The van der Waals surface area contributed by atoms with E-state index in [-0.39, 0.29) is 0 Å². The van der Waals surface area contributed by atoms with Gasteiger partial charge in [-0.25, -0.2) is 0 Å². The van der Waals surface area contributed by atoms with Crippen LogP contribution in [0.15, 0.2) is 34.8 Å². The summed E-state index contributed by atoms with van der Waals surface area (Å²) in [6.07, 6.45) is 0. The Morgan fingerprint density at radius 1 is 1.33 bits per heavy atom. The van der Waals surface area contributed by atoms with E-state index in [4.69, 9.17) is 0 Å². The van der Waals surface area contributed by atoms with Crippen molar-refractivity contribution in [1.82, 2.24) is 5.32 Å². The van der Waals surface area contributed by atoms with E-state index in [1.807, 2.05) is 11.3 Å². The molecule has 0 saturated carbocycles. The van der Waals surface area contributed by atoms with E-state index in [9.17, 15) is 0 Å². The predicted molar refractivity (Wildman–Crippen MR) is 92.3 cm³/mol. The molecule has 2 rings (SSSR count). The molecule has 0 radical (unpaired) electrons. The van der Waals surface area contributed by atoms with Crippen molar-refractivity contribution in [2.24, 2.45) is 0 Å². The highest BCUT2D eigenvalue weighted by Gasteiger charge is 2.10. The molecule has 1 heterocycles. The van der Waals surface area contributed by atoms with Crippen LogP contribution in [0.5, 0.6) is 0 Å². The van der Waals surface area contributed by atoms with Gasteiger partial charge in [0, 0.05) is 29.4 Å². The third-order valence-electron chi connectivity index (χ3n) is 2.76. The number of hydrogen-bond donors (Lipinski definition) is 1. The summed E-state index contributed by atoms with van der Waals surface area (Å²) in [7, 11) is 0. The molecular formula is C14H15BrINS. The van der Waals surface area contributed by atoms with E-state index in [2.05, 4.69) is 88.0 Å². The molecule has 0 spiro atoms. The van der Waals surface area contributed by atoms with Crippen LogP contribution in [-0.4, -0.2) is 6.54 Å². The van der Waals surface area contributed by atoms with Crippen LogP contribution in [0.3, 0.4) is 0 Å². The number of nitrogens with one attached hydrogen (secondary N) is 1. The normalized spacial score (nSPS) is 12.7. The fourth-order valence-corrected chi connectivity index (χ4v) is 4.06. The average molecular weight is 436 g/mol. The summed E-state index contributed by atoms with van der Waals surface area (Å²) in [4.78, 5) is 2.73. The van der Waals surface area contributed by atoms with Gasteiger partial charge in [-0.05, 0) is 66.4 Å². The van der Waals surface area contributed by atoms with Crippen LogP contribution in [0.1, 0.15) is 24.8 Å². The molecule has 1 N–H and O–H groups in total. The van der Waals surface area contributed by atoms with Crippen molar-refractivity contribution < 1.29 is 0 Å². The Morgan fingerprint density at radius 3 is 2.83 bits per heavy atom. The monoisotopic (exact) mass is 435 g/mol. The molecule has 0 amide bonds. The van der Waals surface area contributed by atoms with Gasteiger partial charge in [0.15, 0.2) is 0 Å². The molecule has 4 heteroatoms. The predicted octanol–water partition coefficient (Wildman–Crippen LogP) is 5.45. The fourth-order valence-electron chi connectivity index (χ4n) is 1.82. The minimum atomic E-state index is 0.429. The maximum atomic E-state index is 3.54. The molecule has 18 heavy (non-hydrogen) atoms. The molecule has 1 unspecified atom stereocenters. The molecule has 0 fully saturated rings. The molecule has 2 aromatic rings. The molecular weight excluding hydrogens is 421 g/mol. The third kappa shape index (κ3) is 3.35. The van der Waals surface area contributed by atoms with Crippen LogP contribution in [-0.2, 0) is 0 Å². The van der Waals surface area contributed by atoms with E-state index >= 15 is 0 Å². The summed E-state index contributed by atoms with van der Waals surface area (Å²) in [6, 6.07) is 11.3. The second-order valence-electron chi connectivity index (χ2n) is 4.11. The van der Waals surface area contributed by atoms with E-state index in [0.29, 0.717) is 6.04 Å². The summed E-state index contributed by atoms with van der Waals surface area (Å²) in [6.45, 7) is 5.36. The zero-order valence-corrected chi connectivity index (χ0v) is 14.9. The number of hydrogen-bond acceptors (Lipinski definition) is 2.